The van der Waals surface area contributed by atoms with Crippen molar-refractivity contribution in [2.24, 2.45) is 0 Å². The standard InChI is InChI=1S/C26H26F3NO4/c1-16(25(33)18-6-4-3-5-7-18)30-15-19-14-20(26(27,28)29)9-10-21(19)22-12-17(13-24(31)32)8-11-23(22)34-2/h3-12,14,16,25,30,33H,13,15H2,1-2H3,(H,31,32)/t16-,25+/m0/s1. The number of ether oxygens (including phenoxy) is 1. The molecule has 0 aromatic heterocycles. The summed E-state index contributed by atoms with van der Waals surface area (Å²) in [6.45, 7) is 1.79. The summed E-state index contributed by atoms with van der Waals surface area (Å²) in [7, 11) is 1.44. The minimum atomic E-state index is -4.53. The largest absolute Gasteiger partial charge is 0.496 e. The van der Waals surface area contributed by atoms with Gasteiger partial charge in [0.2, 0.25) is 0 Å². The fourth-order valence-corrected chi connectivity index (χ4v) is 3.75. The van der Waals surface area contributed by atoms with Crippen LogP contribution in [0.1, 0.15) is 35.3 Å². The van der Waals surface area contributed by atoms with Crippen LogP contribution in [0.25, 0.3) is 11.1 Å². The van der Waals surface area contributed by atoms with Crippen LogP contribution in [-0.2, 0) is 23.9 Å². The number of halogens is 3. The Kier molecular flexibility index (Phi) is 7.96. The lowest BCUT2D eigenvalue weighted by Gasteiger charge is -2.22. The molecular weight excluding hydrogens is 447 g/mol. The van der Waals surface area contributed by atoms with Gasteiger partial charge in [-0.2, -0.15) is 13.2 Å². The second-order valence-electron chi connectivity index (χ2n) is 8.00. The third-order valence-corrected chi connectivity index (χ3v) is 5.57. The van der Waals surface area contributed by atoms with Gasteiger partial charge in [-0.05, 0) is 53.4 Å². The van der Waals surface area contributed by atoms with Crippen LogP contribution in [0.2, 0.25) is 0 Å². The number of aliphatic hydroxyl groups is 1. The monoisotopic (exact) mass is 473 g/mol. The van der Waals surface area contributed by atoms with E-state index in [0.29, 0.717) is 33.6 Å². The Morgan fingerprint density at radius 2 is 1.74 bits per heavy atom. The molecular formula is C26H26F3NO4. The van der Waals surface area contributed by atoms with Crippen LogP contribution in [0, 0.1) is 0 Å². The number of carboxylic acids is 1. The molecule has 0 spiro atoms. The molecule has 3 rings (SSSR count). The molecule has 8 heteroatoms. The topological polar surface area (TPSA) is 78.8 Å². The van der Waals surface area contributed by atoms with Gasteiger partial charge in [-0.1, -0.05) is 42.5 Å². The number of aliphatic carboxylic acids is 1. The van der Waals surface area contributed by atoms with E-state index in [1.807, 2.05) is 6.07 Å². The van der Waals surface area contributed by atoms with Crippen LogP contribution in [0.4, 0.5) is 13.2 Å². The minimum absolute atomic E-state index is 0.0383. The van der Waals surface area contributed by atoms with Gasteiger partial charge in [0.1, 0.15) is 5.75 Å². The summed E-state index contributed by atoms with van der Waals surface area (Å²) >= 11 is 0. The first-order valence-electron chi connectivity index (χ1n) is 10.7. The van der Waals surface area contributed by atoms with E-state index < -0.39 is 29.9 Å². The number of nitrogens with one attached hydrogen (secondary N) is 1. The average Bonchev–Trinajstić information content (AvgIpc) is 2.81. The maximum absolute atomic E-state index is 13.5. The molecule has 3 N–H and O–H groups in total. The van der Waals surface area contributed by atoms with Crippen molar-refractivity contribution in [3.8, 4) is 16.9 Å². The predicted molar refractivity (Wildman–Crippen MR) is 122 cm³/mol. The Hall–Kier alpha value is -3.36. The minimum Gasteiger partial charge on any atom is -0.496 e. The van der Waals surface area contributed by atoms with Crippen molar-refractivity contribution >= 4 is 5.97 Å². The fourth-order valence-electron chi connectivity index (χ4n) is 3.75. The molecule has 0 fully saturated rings. The van der Waals surface area contributed by atoms with Crippen LogP contribution >= 0.6 is 0 Å². The van der Waals surface area contributed by atoms with Crippen molar-refractivity contribution < 1.29 is 32.9 Å². The molecule has 0 aliphatic carbocycles. The summed E-state index contributed by atoms with van der Waals surface area (Å²) in [4.78, 5) is 11.2. The van der Waals surface area contributed by atoms with Crippen molar-refractivity contribution in [1.29, 1.82) is 0 Å². The van der Waals surface area contributed by atoms with E-state index in [1.54, 1.807) is 49.4 Å². The molecule has 180 valence electrons. The first kappa shape index (κ1) is 25.3. The van der Waals surface area contributed by atoms with E-state index in [1.165, 1.54) is 13.2 Å². The van der Waals surface area contributed by atoms with Gasteiger partial charge in [0.15, 0.2) is 0 Å². The second kappa shape index (κ2) is 10.7. The molecule has 0 saturated heterocycles. The van der Waals surface area contributed by atoms with Gasteiger partial charge in [0, 0.05) is 18.2 Å². The van der Waals surface area contributed by atoms with E-state index in [0.717, 1.165) is 12.1 Å². The molecule has 0 aliphatic heterocycles. The highest BCUT2D eigenvalue weighted by atomic mass is 19.4. The van der Waals surface area contributed by atoms with E-state index in [2.05, 4.69) is 5.32 Å². The van der Waals surface area contributed by atoms with Gasteiger partial charge < -0.3 is 20.3 Å². The molecule has 0 aliphatic rings. The predicted octanol–water partition coefficient (Wildman–Crippen LogP) is 5.22. The third kappa shape index (κ3) is 6.15. The van der Waals surface area contributed by atoms with Gasteiger partial charge in [-0.15, -0.1) is 0 Å². The van der Waals surface area contributed by atoms with E-state index in [9.17, 15) is 23.1 Å². The van der Waals surface area contributed by atoms with Crippen LogP contribution < -0.4 is 10.1 Å². The summed E-state index contributed by atoms with van der Waals surface area (Å²) in [5.41, 5.74) is 1.69. The lowest BCUT2D eigenvalue weighted by molar-refractivity contribution is -0.138. The smallest absolute Gasteiger partial charge is 0.416 e. The van der Waals surface area contributed by atoms with Gasteiger partial charge >= 0.3 is 12.1 Å². The molecule has 0 heterocycles. The molecule has 5 nitrogen and oxygen atoms in total. The van der Waals surface area contributed by atoms with E-state index >= 15 is 0 Å². The van der Waals surface area contributed by atoms with Gasteiger partial charge in [-0.25, -0.2) is 0 Å². The zero-order chi connectivity index (χ0) is 24.9. The van der Waals surface area contributed by atoms with Gasteiger partial charge in [0.25, 0.3) is 0 Å². The number of carboxylic acid groups (broad SMARTS) is 1. The molecule has 0 bridgehead atoms. The van der Waals surface area contributed by atoms with Crippen LogP contribution in [0.15, 0.2) is 66.7 Å². The number of methoxy groups -OCH3 is 1. The number of hydrogen-bond donors (Lipinski definition) is 3. The first-order valence-corrected chi connectivity index (χ1v) is 10.7. The normalized spacial score (nSPS) is 13.4. The zero-order valence-electron chi connectivity index (χ0n) is 18.8. The van der Waals surface area contributed by atoms with Crippen LogP contribution in [-0.4, -0.2) is 29.3 Å². The van der Waals surface area contributed by atoms with Crippen LogP contribution in [0.3, 0.4) is 0 Å². The Labute approximate surface area is 195 Å². The van der Waals surface area contributed by atoms with Crippen molar-refractivity contribution in [1.82, 2.24) is 5.32 Å². The van der Waals surface area contributed by atoms with Crippen LogP contribution in [0.5, 0.6) is 5.75 Å². The summed E-state index contributed by atoms with van der Waals surface area (Å²) in [6, 6.07) is 16.8. The molecule has 0 radical (unpaired) electrons. The van der Waals surface area contributed by atoms with E-state index in [4.69, 9.17) is 9.84 Å². The highest BCUT2D eigenvalue weighted by molar-refractivity contribution is 5.77. The molecule has 2 atom stereocenters. The zero-order valence-corrected chi connectivity index (χ0v) is 18.8. The Morgan fingerprint density at radius 3 is 2.35 bits per heavy atom. The molecule has 0 amide bonds. The highest BCUT2D eigenvalue weighted by Crippen LogP contribution is 2.37. The SMILES string of the molecule is COc1ccc(CC(=O)O)cc1-c1ccc(C(F)(F)F)cc1CN[C@@H](C)[C@@H](O)c1ccccc1. The Balaban J connectivity index is 1.98. The third-order valence-electron chi connectivity index (χ3n) is 5.57. The molecule has 0 unspecified atom stereocenters. The lowest BCUT2D eigenvalue weighted by Crippen LogP contribution is -2.32. The second-order valence-corrected chi connectivity index (χ2v) is 8.00. The summed E-state index contributed by atoms with van der Waals surface area (Å²) in [5.74, 6) is -0.610. The molecule has 0 saturated carbocycles. The summed E-state index contributed by atoms with van der Waals surface area (Å²) in [5, 5.41) is 22.9. The first-order chi connectivity index (χ1) is 16.1. The summed E-state index contributed by atoms with van der Waals surface area (Å²) in [6.07, 6.45) is -5.62. The Bertz CT molecular complexity index is 1130. The maximum atomic E-state index is 13.5. The molecule has 3 aromatic rings. The van der Waals surface area contributed by atoms with E-state index in [-0.39, 0.29) is 13.0 Å². The van der Waals surface area contributed by atoms with Gasteiger partial charge in [-0.3, -0.25) is 4.79 Å². The molecule has 3 aromatic carbocycles. The maximum Gasteiger partial charge on any atom is 0.416 e. The quantitative estimate of drug-likeness (QED) is 0.397. The summed E-state index contributed by atoms with van der Waals surface area (Å²) < 4.78 is 45.8. The number of rotatable bonds is 9. The number of carbonyl (C=O) groups is 1. The lowest BCUT2D eigenvalue weighted by atomic mass is 9.94. The van der Waals surface area contributed by atoms with Crippen molar-refractivity contribution in [3.05, 3.63) is 89.0 Å². The fraction of sp³-hybridized carbons (Fsp3) is 0.269. The van der Waals surface area contributed by atoms with Crippen molar-refractivity contribution in [2.75, 3.05) is 7.11 Å². The van der Waals surface area contributed by atoms with Crippen molar-refractivity contribution in [2.45, 2.75) is 38.2 Å². The number of hydrogen-bond acceptors (Lipinski definition) is 4. The number of alkyl halides is 3. The average molecular weight is 473 g/mol. The number of benzene rings is 3. The van der Waals surface area contributed by atoms with Gasteiger partial charge in [0.05, 0.1) is 25.2 Å². The highest BCUT2D eigenvalue weighted by Gasteiger charge is 2.31. The number of aliphatic hydroxyl groups excluding tert-OH is 1. The Morgan fingerprint density at radius 1 is 1.03 bits per heavy atom. The van der Waals surface area contributed by atoms with Crippen molar-refractivity contribution in [3.63, 3.8) is 0 Å². The molecule has 34 heavy (non-hydrogen) atoms.